The van der Waals surface area contributed by atoms with Crippen LogP contribution >= 0.6 is 11.3 Å². The third-order valence-corrected chi connectivity index (χ3v) is 8.78. The van der Waals surface area contributed by atoms with E-state index in [9.17, 15) is 0 Å². The first-order valence-corrected chi connectivity index (χ1v) is 13.8. The Bertz CT molecular complexity index is 2220. The minimum absolute atomic E-state index is 0.366. The monoisotopic (exact) mass is 512 g/mol. The molecule has 0 bridgehead atoms. The van der Waals surface area contributed by atoms with Crippen molar-refractivity contribution in [1.82, 2.24) is 30.1 Å². The molecule has 8 aromatic rings. The molecule has 0 aliphatic carbocycles. The molecule has 8 rings (SSSR count). The predicted molar refractivity (Wildman–Crippen MR) is 158 cm³/mol. The zero-order chi connectivity index (χ0) is 25.5. The molecule has 6 nitrogen and oxygen atoms in total. The summed E-state index contributed by atoms with van der Waals surface area (Å²) >= 11 is 1.82. The minimum atomic E-state index is 0.366. The lowest BCUT2D eigenvalue weighted by molar-refractivity contribution is 0.799. The molecule has 0 aliphatic heterocycles. The number of thiophene rings is 1. The van der Waals surface area contributed by atoms with Crippen LogP contribution in [0.1, 0.15) is 38.3 Å². The molecule has 0 aliphatic rings. The third-order valence-electron chi connectivity index (χ3n) is 7.60. The Kier molecular flexibility index (Phi) is 4.47. The van der Waals surface area contributed by atoms with E-state index < -0.39 is 0 Å². The first kappa shape index (κ1) is 21.7. The van der Waals surface area contributed by atoms with Crippen molar-refractivity contribution < 1.29 is 0 Å². The summed E-state index contributed by atoms with van der Waals surface area (Å²) in [5, 5.41) is 14.3. The van der Waals surface area contributed by atoms with Gasteiger partial charge in [0.15, 0.2) is 0 Å². The number of hydrogen-bond acceptors (Lipinski definition) is 5. The van der Waals surface area contributed by atoms with E-state index in [0.717, 1.165) is 61.7 Å². The zero-order valence-electron chi connectivity index (χ0n) is 21.3. The van der Waals surface area contributed by atoms with Crippen LogP contribution < -0.4 is 0 Å². The van der Waals surface area contributed by atoms with Crippen molar-refractivity contribution in [2.45, 2.75) is 33.1 Å². The molecule has 0 fully saturated rings. The van der Waals surface area contributed by atoms with Gasteiger partial charge in [0.05, 0.1) is 21.9 Å². The van der Waals surface area contributed by atoms with Gasteiger partial charge < -0.3 is 4.98 Å². The number of aromatic nitrogens is 6. The standard InChI is InChI=1S/C31H24N6S/c1-4-26-35-27-19-8-6-16(11-21(19)22-13-32-33-14-23(22)28(27)36-26)17-5-7-18-20-9-10-24-29(30(20)38-25(18)12-17)37-31(34-24)15(2)3/h5-15,32H,4H2,1-3H3,(H,34,37). The van der Waals surface area contributed by atoms with Gasteiger partial charge in [0.2, 0.25) is 0 Å². The lowest BCUT2D eigenvalue weighted by Gasteiger charge is -2.08. The van der Waals surface area contributed by atoms with Crippen LogP contribution in [0.4, 0.5) is 0 Å². The number of hydrogen-bond donors (Lipinski definition) is 2. The molecule has 4 aromatic carbocycles. The topological polar surface area (TPSA) is 83.1 Å². The Labute approximate surface area is 221 Å². The van der Waals surface area contributed by atoms with Crippen LogP contribution in [0, 0.1) is 0 Å². The quantitative estimate of drug-likeness (QED) is 0.233. The molecule has 0 atom stereocenters. The van der Waals surface area contributed by atoms with Gasteiger partial charge in [-0.1, -0.05) is 51.1 Å². The summed E-state index contributed by atoms with van der Waals surface area (Å²) < 4.78 is 2.51. The van der Waals surface area contributed by atoms with E-state index in [1.54, 1.807) is 0 Å². The van der Waals surface area contributed by atoms with Crippen LogP contribution in [-0.2, 0) is 6.42 Å². The van der Waals surface area contributed by atoms with Crippen LogP contribution in [0.25, 0.3) is 74.9 Å². The van der Waals surface area contributed by atoms with Gasteiger partial charge in [0.25, 0.3) is 0 Å². The highest BCUT2D eigenvalue weighted by Crippen LogP contribution is 2.41. The average molecular weight is 513 g/mol. The smallest absolute Gasteiger partial charge is 0.129 e. The Morgan fingerprint density at radius 1 is 0.763 bits per heavy atom. The van der Waals surface area contributed by atoms with E-state index in [1.807, 2.05) is 23.7 Å². The number of rotatable bonds is 3. The maximum absolute atomic E-state index is 4.95. The van der Waals surface area contributed by atoms with Crippen molar-refractivity contribution in [1.29, 1.82) is 0 Å². The highest BCUT2D eigenvalue weighted by Gasteiger charge is 2.16. The highest BCUT2D eigenvalue weighted by molar-refractivity contribution is 7.26. The molecule has 0 amide bonds. The predicted octanol–water partition coefficient (Wildman–Crippen LogP) is 8.26. The van der Waals surface area contributed by atoms with Crippen molar-refractivity contribution in [3.05, 3.63) is 72.6 Å². The highest BCUT2D eigenvalue weighted by atomic mass is 32.1. The molecule has 0 saturated carbocycles. The molecule has 4 heterocycles. The molecule has 0 radical (unpaired) electrons. The van der Waals surface area contributed by atoms with Gasteiger partial charge in [-0.05, 0) is 34.7 Å². The third kappa shape index (κ3) is 2.99. The average Bonchev–Trinajstić information content (AvgIpc) is 3.67. The van der Waals surface area contributed by atoms with Gasteiger partial charge in [-0.15, -0.1) is 11.3 Å². The van der Waals surface area contributed by atoms with E-state index >= 15 is 0 Å². The van der Waals surface area contributed by atoms with Crippen LogP contribution in [0.15, 0.2) is 60.9 Å². The SMILES string of the molecule is CCc1nc2c3ccc(-c4ccc5c(c4)sc4c5ccc5[nH]c(C(C)C)nc54)cc3c3c[nH]ncc3c2n1. The second-order valence-electron chi connectivity index (χ2n) is 10.2. The maximum atomic E-state index is 4.95. The summed E-state index contributed by atoms with van der Waals surface area (Å²) in [6.07, 6.45) is 4.64. The van der Waals surface area contributed by atoms with Gasteiger partial charge >= 0.3 is 0 Å². The first-order valence-electron chi connectivity index (χ1n) is 13.0. The number of aryl methyl sites for hydroxylation is 1. The lowest BCUT2D eigenvalue weighted by Crippen LogP contribution is -1.88. The fourth-order valence-corrected chi connectivity index (χ4v) is 6.85. The van der Waals surface area contributed by atoms with E-state index in [-0.39, 0.29) is 0 Å². The number of aromatic amines is 2. The fourth-order valence-electron chi connectivity index (χ4n) is 5.62. The van der Waals surface area contributed by atoms with Crippen molar-refractivity contribution >= 4 is 75.1 Å². The summed E-state index contributed by atoms with van der Waals surface area (Å²) in [7, 11) is 0. The van der Waals surface area contributed by atoms with Crippen molar-refractivity contribution in [3.63, 3.8) is 0 Å². The van der Waals surface area contributed by atoms with Crippen LogP contribution in [-0.4, -0.2) is 30.1 Å². The van der Waals surface area contributed by atoms with Gasteiger partial charge in [0, 0.05) is 50.2 Å². The molecule has 0 unspecified atom stereocenters. The lowest BCUT2D eigenvalue weighted by atomic mass is 9.96. The largest absolute Gasteiger partial charge is 0.342 e. The van der Waals surface area contributed by atoms with Gasteiger partial charge in [0.1, 0.15) is 22.7 Å². The number of benzene rings is 4. The Hall–Kier alpha value is -4.36. The van der Waals surface area contributed by atoms with Crippen LogP contribution in [0.3, 0.4) is 0 Å². The Balaban J connectivity index is 1.35. The molecule has 7 heteroatoms. The van der Waals surface area contributed by atoms with E-state index in [1.165, 1.54) is 31.3 Å². The van der Waals surface area contributed by atoms with Crippen molar-refractivity contribution in [2.24, 2.45) is 0 Å². The van der Waals surface area contributed by atoms with E-state index in [2.05, 4.69) is 84.5 Å². The Morgan fingerprint density at radius 2 is 1.53 bits per heavy atom. The molecule has 4 aromatic heterocycles. The Morgan fingerprint density at radius 3 is 2.34 bits per heavy atom. The molecule has 184 valence electrons. The van der Waals surface area contributed by atoms with Crippen LogP contribution in [0.5, 0.6) is 0 Å². The van der Waals surface area contributed by atoms with E-state index in [4.69, 9.17) is 15.0 Å². The van der Waals surface area contributed by atoms with Crippen molar-refractivity contribution in [3.8, 4) is 11.1 Å². The van der Waals surface area contributed by atoms with Gasteiger partial charge in [-0.25, -0.2) is 15.0 Å². The number of nitrogens with zero attached hydrogens (tertiary/aromatic N) is 4. The van der Waals surface area contributed by atoms with E-state index in [0.29, 0.717) is 5.92 Å². The molecular weight excluding hydrogens is 488 g/mol. The second-order valence-corrected chi connectivity index (χ2v) is 11.3. The molecule has 0 saturated heterocycles. The first-order chi connectivity index (χ1) is 18.6. The number of imidazole rings is 2. The molecule has 2 N–H and O–H groups in total. The van der Waals surface area contributed by atoms with Crippen molar-refractivity contribution in [2.75, 3.05) is 0 Å². The van der Waals surface area contributed by atoms with Crippen LogP contribution in [0.2, 0.25) is 0 Å². The van der Waals surface area contributed by atoms with Gasteiger partial charge in [-0.2, -0.15) is 5.10 Å². The second kappa shape index (κ2) is 7.82. The summed E-state index contributed by atoms with van der Waals surface area (Å²) in [5.74, 6) is 2.27. The van der Waals surface area contributed by atoms with Gasteiger partial charge in [-0.3, -0.25) is 5.10 Å². The zero-order valence-corrected chi connectivity index (χ0v) is 22.1. The maximum Gasteiger partial charge on any atom is 0.129 e. The summed E-state index contributed by atoms with van der Waals surface area (Å²) in [5.41, 5.74) is 6.43. The fraction of sp³-hybridized carbons (Fsp3) is 0.161. The summed E-state index contributed by atoms with van der Waals surface area (Å²) in [4.78, 5) is 18.1. The minimum Gasteiger partial charge on any atom is -0.342 e. The number of fused-ring (bicyclic) bond motifs is 11. The summed E-state index contributed by atoms with van der Waals surface area (Å²) in [6.45, 7) is 6.43. The molecule has 0 spiro atoms. The summed E-state index contributed by atoms with van der Waals surface area (Å²) in [6, 6.07) is 17.9. The normalized spacial score (nSPS) is 12.4. The number of nitrogens with one attached hydrogen (secondary N) is 2. The number of H-pyrrole nitrogens is 2. The molecule has 38 heavy (non-hydrogen) atoms. The molecular formula is C31H24N6S.